The lowest BCUT2D eigenvalue weighted by atomic mass is 9.64. The van der Waals surface area contributed by atoms with Crippen LogP contribution in [-0.4, -0.2) is 24.6 Å². The van der Waals surface area contributed by atoms with E-state index in [1.807, 2.05) is 18.2 Å². The molecule has 2 atom stereocenters. The fourth-order valence-electron chi connectivity index (χ4n) is 4.70. The summed E-state index contributed by atoms with van der Waals surface area (Å²) in [6, 6.07) is 8.59. The third kappa shape index (κ3) is 3.43. The van der Waals surface area contributed by atoms with E-state index in [-0.39, 0.29) is 17.4 Å². The first-order valence-corrected chi connectivity index (χ1v) is 9.79. The number of nitriles is 1. The second-order valence-corrected chi connectivity index (χ2v) is 8.40. The van der Waals surface area contributed by atoms with Crippen molar-refractivity contribution in [3.63, 3.8) is 0 Å². The molecule has 0 unspecified atom stereocenters. The van der Waals surface area contributed by atoms with E-state index < -0.39 is 0 Å². The lowest BCUT2D eigenvalue weighted by Crippen LogP contribution is -2.49. The second kappa shape index (κ2) is 6.92. The molecule has 2 fully saturated rings. The van der Waals surface area contributed by atoms with Crippen LogP contribution in [0.4, 0.5) is 0 Å². The van der Waals surface area contributed by atoms with Gasteiger partial charge in [-0.3, -0.25) is 4.79 Å². The molecule has 0 bridgehead atoms. The molecule has 138 valence electrons. The number of fused-ring (bicyclic) bond motifs is 1. The molecule has 5 nitrogen and oxygen atoms in total. The number of carbonyl (C=O) groups is 1. The highest BCUT2D eigenvalue weighted by Crippen LogP contribution is 2.44. The van der Waals surface area contributed by atoms with E-state index in [2.05, 4.69) is 23.6 Å². The summed E-state index contributed by atoms with van der Waals surface area (Å²) < 4.78 is 6.32. The standard InChI is InChI=1S/C21H27N3O2/c1-21(13-22)9-14(10-21)11-23-18-4-2-3-5-19(18)26-16-6-7-17-15(8-16)12-24-20(17)25/h6-8,14,18-19,23H,2-5,9-12H2,1H3,(H,24,25)/t14-,18-,19+,21-/m0/s1. The monoisotopic (exact) mass is 353 g/mol. The zero-order chi connectivity index (χ0) is 18.1. The van der Waals surface area contributed by atoms with Crippen LogP contribution < -0.4 is 15.4 Å². The molecule has 0 saturated heterocycles. The van der Waals surface area contributed by atoms with Crippen molar-refractivity contribution in [1.82, 2.24) is 10.6 Å². The maximum absolute atomic E-state index is 11.7. The van der Waals surface area contributed by atoms with Crippen LogP contribution in [0.15, 0.2) is 18.2 Å². The quantitative estimate of drug-likeness (QED) is 0.853. The Hall–Kier alpha value is -2.06. The fraction of sp³-hybridized carbons (Fsp3) is 0.619. The molecule has 1 aliphatic heterocycles. The number of nitrogens with zero attached hydrogens (tertiary/aromatic N) is 1. The molecule has 0 spiro atoms. The smallest absolute Gasteiger partial charge is 0.251 e. The highest BCUT2D eigenvalue weighted by Gasteiger charge is 2.40. The van der Waals surface area contributed by atoms with Crippen LogP contribution in [-0.2, 0) is 6.54 Å². The number of carbonyl (C=O) groups excluding carboxylic acids is 1. The lowest BCUT2D eigenvalue weighted by Gasteiger charge is -2.41. The minimum atomic E-state index is -0.106. The van der Waals surface area contributed by atoms with Crippen LogP contribution in [0.5, 0.6) is 5.75 Å². The van der Waals surface area contributed by atoms with Gasteiger partial charge >= 0.3 is 0 Å². The van der Waals surface area contributed by atoms with Crippen LogP contribution in [0.25, 0.3) is 0 Å². The molecule has 0 aromatic heterocycles. The molecule has 4 rings (SSSR count). The molecule has 1 amide bonds. The van der Waals surface area contributed by atoms with Crippen molar-refractivity contribution in [2.24, 2.45) is 11.3 Å². The summed E-state index contributed by atoms with van der Waals surface area (Å²) in [5.74, 6) is 1.48. The Morgan fingerprint density at radius 2 is 2.15 bits per heavy atom. The minimum Gasteiger partial charge on any atom is -0.489 e. The van der Waals surface area contributed by atoms with Gasteiger partial charge in [0.05, 0.1) is 11.5 Å². The zero-order valence-electron chi connectivity index (χ0n) is 15.4. The SMILES string of the molecule is C[C@]1(C#N)C[C@H](CN[C@H]2CCCC[C@H]2Oc2ccc3c(c2)CNC3=O)C1. The van der Waals surface area contributed by atoms with Crippen molar-refractivity contribution in [3.05, 3.63) is 29.3 Å². The minimum absolute atomic E-state index is 0.00799. The van der Waals surface area contributed by atoms with Crippen LogP contribution in [0.2, 0.25) is 0 Å². The Kier molecular flexibility index (Phi) is 4.62. The highest BCUT2D eigenvalue weighted by molar-refractivity contribution is 5.98. The maximum Gasteiger partial charge on any atom is 0.251 e. The number of benzene rings is 1. The number of hydrogen-bond donors (Lipinski definition) is 2. The molecule has 2 N–H and O–H groups in total. The number of ether oxygens (including phenoxy) is 1. The van der Waals surface area contributed by atoms with Gasteiger partial charge in [-0.15, -0.1) is 0 Å². The van der Waals surface area contributed by atoms with E-state index in [4.69, 9.17) is 10.00 Å². The van der Waals surface area contributed by atoms with Crippen LogP contribution in [0.3, 0.4) is 0 Å². The maximum atomic E-state index is 11.7. The van der Waals surface area contributed by atoms with E-state index in [9.17, 15) is 4.79 Å². The molecule has 5 heteroatoms. The highest BCUT2D eigenvalue weighted by atomic mass is 16.5. The summed E-state index contributed by atoms with van der Waals surface area (Å²) in [5.41, 5.74) is 1.68. The average molecular weight is 353 g/mol. The van der Waals surface area contributed by atoms with Crippen molar-refractivity contribution in [1.29, 1.82) is 5.26 Å². The predicted molar refractivity (Wildman–Crippen MR) is 98.7 cm³/mol. The van der Waals surface area contributed by atoms with E-state index >= 15 is 0 Å². The summed E-state index contributed by atoms with van der Waals surface area (Å²) in [5, 5.41) is 15.7. The first-order valence-electron chi connectivity index (χ1n) is 9.79. The summed E-state index contributed by atoms with van der Waals surface area (Å²) >= 11 is 0. The summed E-state index contributed by atoms with van der Waals surface area (Å²) in [7, 11) is 0. The molecule has 2 saturated carbocycles. The number of rotatable bonds is 5. The summed E-state index contributed by atoms with van der Waals surface area (Å²) in [4.78, 5) is 11.7. The molecule has 3 aliphatic rings. The zero-order valence-corrected chi connectivity index (χ0v) is 15.4. The van der Waals surface area contributed by atoms with E-state index in [0.29, 0.717) is 18.5 Å². The van der Waals surface area contributed by atoms with Gasteiger partial charge in [-0.05, 0) is 75.3 Å². The van der Waals surface area contributed by atoms with Crippen molar-refractivity contribution < 1.29 is 9.53 Å². The average Bonchev–Trinajstić information content (AvgIpc) is 2.99. The van der Waals surface area contributed by atoms with E-state index in [1.165, 1.54) is 12.8 Å². The molecular formula is C21H27N3O2. The fourth-order valence-corrected chi connectivity index (χ4v) is 4.70. The number of nitrogens with one attached hydrogen (secondary N) is 2. The van der Waals surface area contributed by atoms with Crippen molar-refractivity contribution >= 4 is 5.91 Å². The topological polar surface area (TPSA) is 74.2 Å². The van der Waals surface area contributed by atoms with Crippen molar-refractivity contribution in [2.45, 2.75) is 64.1 Å². The van der Waals surface area contributed by atoms with Crippen LogP contribution >= 0.6 is 0 Å². The van der Waals surface area contributed by atoms with Gasteiger partial charge in [0.1, 0.15) is 11.9 Å². The van der Waals surface area contributed by atoms with E-state index in [1.54, 1.807) is 0 Å². The Labute approximate surface area is 155 Å². The van der Waals surface area contributed by atoms with Gasteiger partial charge in [-0.2, -0.15) is 5.26 Å². The van der Waals surface area contributed by atoms with Gasteiger partial charge in [0.2, 0.25) is 0 Å². The molecular weight excluding hydrogens is 326 g/mol. The van der Waals surface area contributed by atoms with Crippen molar-refractivity contribution in [3.8, 4) is 11.8 Å². The molecule has 1 heterocycles. The van der Waals surface area contributed by atoms with Crippen LogP contribution in [0, 0.1) is 22.7 Å². The Balaban J connectivity index is 1.34. The van der Waals surface area contributed by atoms with Gasteiger partial charge in [-0.1, -0.05) is 6.42 Å². The second-order valence-electron chi connectivity index (χ2n) is 8.40. The van der Waals surface area contributed by atoms with Gasteiger partial charge in [0.25, 0.3) is 5.91 Å². The first-order chi connectivity index (χ1) is 12.6. The van der Waals surface area contributed by atoms with Gasteiger partial charge < -0.3 is 15.4 Å². The van der Waals surface area contributed by atoms with Crippen molar-refractivity contribution in [2.75, 3.05) is 6.54 Å². The van der Waals surface area contributed by atoms with Gasteiger partial charge in [0.15, 0.2) is 0 Å². The normalized spacial score (nSPS) is 32.9. The van der Waals surface area contributed by atoms with E-state index in [0.717, 1.165) is 49.1 Å². The Morgan fingerprint density at radius 3 is 2.96 bits per heavy atom. The predicted octanol–water partition coefficient (Wildman–Crippen LogP) is 3.15. The summed E-state index contributed by atoms with van der Waals surface area (Å²) in [6.07, 6.45) is 6.81. The van der Waals surface area contributed by atoms with Gasteiger partial charge in [0, 0.05) is 18.2 Å². The molecule has 2 aliphatic carbocycles. The molecule has 1 aromatic rings. The Bertz CT molecular complexity index is 733. The van der Waals surface area contributed by atoms with Gasteiger partial charge in [-0.25, -0.2) is 0 Å². The largest absolute Gasteiger partial charge is 0.489 e. The third-order valence-corrected chi connectivity index (χ3v) is 6.17. The third-order valence-electron chi connectivity index (χ3n) is 6.17. The lowest BCUT2D eigenvalue weighted by molar-refractivity contribution is 0.0902. The molecule has 1 aromatic carbocycles. The molecule has 0 radical (unpaired) electrons. The summed E-state index contributed by atoms with van der Waals surface area (Å²) in [6.45, 7) is 3.63. The first kappa shape index (κ1) is 17.4. The molecule has 26 heavy (non-hydrogen) atoms. The number of hydrogen-bond acceptors (Lipinski definition) is 4. The Morgan fingerprint density at radius 1 is 1.35 bits per heavy atom. The van der Waals surface area contributed by atoms with Crippen LogP contribution in [0.1, 0.15) is 61.4 Å². The number of amides is 1.